The van der Waals surface area contributed by atoms with E-state index in [1.54, 1.807) is 0 Å². The molecule has 0 aromatic carbocycles. The number of carbonyl (C=O) groups is 1. The van der Waals surface area contributed by atoms with Crippen LogP contribution in [0.5, 0.6) is 0 Å². The quantitative estimate of drug-likeness (QED) is 0.784. The third kappa shape index (κ3) is 3.42. The summed E-state index contributed by atoms with van der Waals surface area (Å²) in [6, 6.07) is 0.493. The van der Waals surface area contributed by atoms with Crippen LogP contribution in [0.4, 0.5) is 0 Å². The van der Waals surface area contributed by atoms with Gasteiger partial charge in [-0.3, -0.25) is 4.79 Å². The molecular weight excluding hydrogens is 216 g/mol. The number of nitrogens with one attached hydrogen (secondary N) is 1. The predicted molar refractivity (Wildman–Crippen MR) is 66.9 cm³/mol. The van der Waals surface area contributed by atoms with Crippen LogP contribution < -0.4 is 5.32 Å². The Morgan fingerprint density at radius 3 is 2.88 bits per heavy atom. The standard InChI is InChI=1S/C13H24N2O2/c1-2-8-15(10-11-5-3-7-14-11)13(16)12-6-4-9-17-12/h11-12,14H,2-10H2,1H3. The van der Waals surface area contributed by atoms with E-state index in [0.29, 0.717) is 6.04 Å². The molecule has 2 unspecified atom stereocenters. The van der Waals surface area contributed by atoms with Crippen LogP contribution in [0.2, 0.25) is 0 Å². The molecule has 0 saturated carbocycles. The minimum absolute atomic E-state index is 0.164. The van der Waals surface area contributed by atoms with Crippen LogP contribution >= 0.6 is 0 Å². The number of nitrogens with zero attached hydrogens (tertiary/aromatic N) is 1. The Labute approximate surface area is 104 Å². The number of hydrogen-bond donors (Lipinski definition) is 1. The molecule has 0 aliphatic carbocycles. The fourth-order valence-corrected chi connectivity index (χ4v) is 2.72. The molecule has 2 rings (SSSR count). The first-order chi connectivity index (χ1) is 8.31. The van der Waals surface area contributed by atoms with Gasteiger partial charge in [0.2, 0.25) is 0 Å². The Balaban J connectivity index is 1.87. The van der Waals surface area contributed by atoms with E-state index in [1.165, 1.54) is 12.8 Å². The molecule has 0 spiro atoms. The van der Waals surface area contributed by atoms with Gasteiger partial charge in [-0.15, -0.1) is 0 Å². The van der Waals surface area contributed by atoms with Crippen LogP contribution in [0, 0.1) is 0 Å². The smallest absolute Gasteiger partial charge is 0.251 e. The summed E-state index contributed by atoms with van der Waals surface area (Å²) in [5.41, 5.74) is 0. The maximum absolute atomic E-state index is 12.3. The van der Waals surface area contributed by atoms with Gasteiger partial charge in [0.1, 0.15) is 6.10 Å². The van der Waals surface area contributed by atoms with Crippen molar-refractivity contribution in [2.24, 2.45) is 0 Å². The average molecular weight is 240 g/mol. The molecule has 2 aliphatic rings. The molecule has 0 radical (unpaired) electrons. The van der Waals surface area contributed by atoms with Gasteiger partial charge in [-0.25, -0.2) is 0 Å². The van der Waals surface area contributed by atoms with Crippen molar-refractivity contribution >= 4 is 5.91 Å². The summed E-state index contributed by atoms with van der Waals surface area (Å²) >= 11 is 0. The highest BCUT2D eigenvalue weighted by atomic mass is 16.5. The van der Waals surface area contributed by atoms with E-state index in [-0.39, 0.29) is 12.0 Å². The van der Waals surface area contributed by atoms with Crippen LogP contribution in [-0.4, -0.2) is 49.2 Å². The zero-order chi connectivity index (χ0) is 12.1. The van der Waals surface area contributed by atoms with E-state index in [0.717, 1.165) is 45.5 Å². The number of hydrogen-bond acceptors (Lipinski definition) is 3. The first-order valence-electron chi connectivity index (χ1n) is 6.95. The third-order valence-electron chi connectivity index (χ3n) is 3.61. The van der Waals surface area contributed by atoms with Gasteiger partial charge in [-0.1, -0.05) is 6.92 Å². The van der Waals surface area contributed by atoms with Crippen LogP contribution in [0.1, 0.15) is 39.0 Å². The van der Waals surface area contributed by atoms with Gasteiger partial charge in [0.05, 0.1) is 0 Å². The Morgan fingerprint density at radius 1 is 1.41 bits per heavy atom. The second-order valence-electron chi connectivity index (χ2n) is 5.08. The van der Waals surface area contributed by atoms with E-state index >= 15 is 0 Å². The third-order valence-corrected chi connectivity index (χ3v) is 3.61. The highest BCUT2D eigenvalue weighted by molar-refractivity contribution is 5.81. The minimum atomic E-state index is -0.164. The van der Waals surface area contributed by atoms with E-state index in [2.05, 4.69) is 12.2 Å². The van der Waals surface area contributed by atoms with Gasteiger partial charge >= 0.3 is 0 Å². The van der Waals surface area contributed by atoms with Crippen molar-refractivity contribution in [2.45, 2.75) is 51.2 Å². The number of ether oxygens (including phenoxy) is 1. The fourth-order valence-electron chi connectivity index (χ4n) is 2.72. The molecule has 4 heteroatoms. The summed E-state index contributed by atoms with van der Waals surface area (Å²) in [5.74, 6) is 0.207. The lowest BCUT2D eigenvalue weighted by molar-refractivity contribution is -0.141. The average Bonchev–Trinajstić information content (AvgIpc) is 3.00. The van der Waals surface area contributed by atoms with Crippen LogP contribution in [-0.2, 0) is 9.53 Å². The molecule has 1 N–H and O–H groups in total. The zero-order valence-corrected chi connectivity index (χ0v) is 10.8. The summed E-state index contributed by atoms with van der Waals surface area (Å²) in [5, 5.41) is 3.46. The van der Waals surface area contributed by atoms with E-state index < -0.39 is 0 Å². The number of amides is 1. The summed E-state index contributed by atoms with van der Waals surface area (Å²) < 4.78 is 5.49. The Morgan fingerprint density at radius 2 is 2.29 bits per heavy atom. The molecule has 1 amide bonds. The summed E-state index contributed by atoms with van der Waals surface area (Å²) in [6.45, 7) is 5.68. The van der Waals surface area contributed by atoms with Gasteiger partial charge in [-0.05, 0) is 38.6 Å². The van der Waals surface area contributed by atoms with Crippen molar-refractivity contribution in [1.82, 2.24) is 10.2 Å². The van der Waals surface area contributed by atoms with Crippen LogP contribution in [0.25, 0.3) is 0 Å². The molecule has 17 heavy (non-hydrogen) atoms. The Hall–Kier alpha value is -0.610. The second kappa shape index (κ2) is 6.36. The van der Waals surface area contributed by atoms with Crippen molar-refractivity contribution < 1.29 is 9.53 Å². The van der Waals surface area contributed by atoms with Crippen LogP contribution in [0.15, 0.2) is 0 Å². The topological polar surface area (TPSA) is 41.6 Å². The molecule has 2 fully saturated rings. The SMILES string of the molecule is CCCN(CC1CCCN1)C(=O)C1CCCO1. The highest BCUT2D eigenvalue weighted by Gasteiger charge is 2.29. The lowest BCUT2D eigenvalue weighted by Crippen LogP contribution is -2.45. The number of rotatable bonds is 5. The summed E-state index contributed by atoms with van der Waals surface area (Å²) in [7, 11) is 0. The molecule has 0 bridgehead atoms. The first kappa shape index (κ1) is 12.8. The predicted octanol–water partition coefficient (Wildman–Crippen LogP) is 1.16. The summed E-state index contributed by atoms with van der Waals surface area (Å²) in [4.78, 5) is 14.3. The Kier molecular flexibility index (Phi) is 4.80. The van der Waals surface area contributed by atoms with Crippen molar-refractivity contribution in [3.05, 3.63) is 0 Å². The largest absolute Gasteiger partial charge is 0.368 e. The van der Waals surface area contributed by atoms with Gasteiger partial charge in [-0.2, -0.15) is 0 Å². The molecule has 0 aromatic rings. The maximum Gasteiger partial charge on any atom is 0.251 e. The second-order valence-corrected chi connectivity index (χ2v) is 5.08. The lowest BCUT2D eigenvalue weighted by atomic mass is 10.1. The van der Waals surface area contributed by atoms with Gasteiger partial charge in [0.25, 0.3) is 5.91 Å². The monoisotopic (exact) mass is 240 g/mol. The maximum atomic E-state index is 12.3. The van der Waals surface area contributed by atoms with Crippen molar-refractivity contribution in [3.8, 4) is 0 Å². The molecular formula is C13H24N2O2. The van der Waals surface area contributed by atoms with Gasteiger partial charge in [0, 0.05) is 25.7 Å². The zero-order valence-electron chi connectivity index (χ0n) is 10.8. The van der Waals surface area contributed by atoms with Gasteiger partial charge < -0.3 is 15.0 Å². The summed E-state index contributed by atoms with van der Waals surface area (Å²) in [6.07, 6.45) is 5.21. The van der Waals surface area contributed by atoms with E-state index in [1.807, 2.05) is 4.90 Å². The minimum Gasteiger partial charge on any atom is -0.368 e. The Bertz CT molecular complexity index is 246. The fraction of sp³-hybridized carbons (Fsp3) is 0.923. The lowest BCUT2D eigenvalue weighted by Gasteiger charge is -2.27. The van der Waals surface area contributed by atoms with E-state index in [9.17, 15) is 4.79 Å². The highest BCUT2D eigenvalue weighted by Crippen LogP contribution is 2.16. The van der Waals surface area contributed by atoms with Crippen molar-refractivity contribution in [1.29, 1.82) is 0 Å². The molecule has 2 aliphatic heterocycles. The van der Waals surface area contributed by atoms with E-state index in [4.69, 9.17) is 4.74 Å². The van der Waals surface area contributed by atoms with Crippen molar-refractivity contribution in [3.63, 3.8) is 0 Å². The number of carbonyl (C=O) groups excluding carboxylic acids is 1. The van der Waals surface area contributed by atoms with Crippen LogP contribution in [0.3, 0.4) is 0 Å². The molecule has 0 aromatic heterocycles. The van der Waals surface area contributed by atoms with Crippen molar-refractivity contribution in [2.75, 3.05) is 26.2 Å². The molecule has 2 saturated heterocycles. The molecule has 2 atom stereocenters. The molecule has 2 heterocycles. The molecule has 4 nitrogen and oxygen atoms in total. The molecule has 98 valence electrons. The normalized spacial score (nSPS) is 28.5. The first-order valence-corrected chi connectivity index (χ1v) is 6.95. The van der Waals surface area contributed by atoms with Gasteiger partial charge in [0.15, 0.2) is 0 Å².